The van der Waals surface area contributed by atoms with Crippen LogP contribution in [0.25, 0.3) is 11.0 Å². The maximum Gasteiger partial charge on any atom is 0.140 e. The summed E-state index contributed by atoms with van der Waals surface area (Å²) in [6.07, 6.45) is 3.34. The van der Waals surface area contributed by atoms with Crippen LogP contribution in [0.1, 0.15) is 50.0 Å². The molecule has 1 aliphatic rings. The van der Waals surface area contributed by atoms with E-state index in [2.05, 4.69) is 19.9 Å². The lowest BCUT2D eigenvalue weighted by molar-refractivity contribution is -0.139. The van der Waals surface area contributed by atoms with E-state index < -0.39 is 11.7 Å². The third-order valence-electron chi connectivity index (χ3n) is 4.86. The minimum Gasteiger partial charge on any atom is -0.458 e. The molecule has 1 aromatic carbocycles. The highest BCUT2D eigenvalue weighted by molar-refractivity contribution is 5.78. The number of aliphatic hydroxyl groups excluding tert-OH is 1. The average Bonchev–Trinajstić information content (AvgIpc) is 2.89. The summed E-state index contributed by atoms with van der Waals surface area (Å²) in [5.41, 5.74) is 1.50. The van der Waals surface area contributed by atoms with E-state index in [0.29, 0.717) is 11.7 Å². The summed E-state index contributed by atoms with van der Waals surface area (Å²) < 4.78 is 11.6. The number of aliphatic hydroxyl groups is 1. The van der Waals surface area contributed by atoms with Crippen molar-refractivity contribution in [1.82, 2.24) is 0 Å². The summed E-state index contributed by atoms with van der Waals surface area (Å²) in [5.74, 6) is 1.19. The van der Waals surface area contributed by atoms with Crippen LogP contribution in [0.2, 0.25) is 0 Å². The number of furan rings is 1. The van der Waals surface area contributed by atoms with E-state index in [0.717, 1.165) is 30.2 Å². The van der Waals surface area contributed by atoms with E-state index in [1.54, 1.807) is 7.11 Å². The molecule has 1 saturated carbocycles. The Kier molecular flexibility index (Phi) is 3.80. The molecule has 1 N–H and O–H groups in total. The molecule has 21 heavy (non-hydrogen) atoms. The van der Waals surface area contributed by atoms with E-state index in [1.807, 2.05) is 18.2 Å². The number of hydrogen-bond donors (Lipinski definition) is 1. The molecule has 3 rings (SSSR count). The van der Waals surface area contributed by atoms with Crippen LogP contribution in [0.5, 0.6) is 0 Å². The number of methoxy groups -OCH3 is 1. The Morgan fingerprint density at radius 3 is 2.90 bits per heavy atom. The Hall–Kier alpha value is -1.32. The van der Waals surface area contributed by atoms with Crippen LogP contribution in [0, 0.1) is 12.8 Å². The lowest BCUT2D eigenvalue weighted by Crippen LogP contribution is -2.42. The molecule has 1 heterocycles. The monoisotopic (exact) mass is 288 g/mol. The quantitative estimate of drug-likeness (QED) is 0.912. The van der Waals surface area contributed by atoms with Crippen molar-refractivity contribution in [1.29, 1.82) is 0 Å². The van der Waals surface area contributed by atoms with E-state index in [-0.39, 0.29) is 0 Å². The highest BCUT2D eigenvalue weighted by atomic mass is 16.5. The largest absolute Gasteiger partial charge is 0.458 e. The number of benzene rings is 1. The minimum atomic E-state index is -0.710. The van der Waals surface area contributed by atoms with Crippen LogP contribution < -0.4 is 0 Å². The van der Waals surface area contributed by atoms with Crippen molar-refractivity contribution in [3.05, 3.63) is 35.6 Å². The number of hydrogen-bond acceptors (Lipinski definition) is 3. The first-order chi connectivity index (χ1) is 10.0. The SMILES string of the molecule is COC1(C(O)c2cc3cc(C)ccc3o2)CCCC(C)C1. The second kappa shape index (κ2) is 5.47. The van der Waals surface area contributed by atoms with Gasteiger partial charge in [0.15, 0.2) is 0 Å². The van der Waals surface area contributed by atoms with Gasteiger partial charge in [0.25, 0.3) is 0 Å². The van der Waals surface area contributed by atoms with Gasteiger partial charge in [-0.25, -0.2) is 0 Å². The van der Waals surface area contributed by atoms with Gasteiger partial charge in [-0.2, -0.15) is 0 Å². The number of fused-ring (bicyclic) bond motifs is 1. The molecule has 0 amide bonds. The van der Waals surface area contributed by atoms with Gasteiger partial charge in [0.2, 0.25) is 0 Å². The summed E-state index contributed by atoms with van der Waals surface area (Å²) in [4.78, 5) is 0. The Balaban J connectivity index is 1.96. The van der Waals surface area contributed by atoms with Crippen LogP contribution >= 0.6 is 0 Å². The van der Waals surface area contributed by atoms with Crippen LogP contribution in [0.4, 0.5) is 0 Å². The standard InChI is InChI=1S/C18H24O3/c1-12-6-7-15-14(9-12)10-16(21-15)17(19)18(20-3)8-4-5-13(2)11-18/h6-7,9-10,13,17,19H,4-5,8,11H2,1-3H3. The fourth-order valence-corrected chi connectivity index (χ4v) is 3.67. The predicted octanol–water partition coefficient (Wildman–Crippen LogP) is 4.37. The highest BCUT2D eigenvalue weighted by Gasteiger charge is 2.43. The Labute approximate surface area is 125 Å². The lowest BCUT2D eigenvalue weighted by atomic mass is 9.75. The summed E-state index contributed by atoms with van der Waals surface area (Å²) in [6, 6.07) is 8.02. The van der Waals surface area contributed by atoms with Crippen LogP contribution in [0.3, 0.4) is 0 Å². The first kappa shape index (κ1) is 14.6. The zero-order valence-corrected chi connectivity index (χ0v) is 13.1. The van der Waals surface area contributed by atoms with Crippen molar-refractivity contribution in [2.75, 3.05) is 7.11 Å². The van der Waals surface area contributed by atoms with Crippen LogP contribution in [-0.2, 0) is 4.74 Å². The maximum absolute atomic E-state index is 10.9. The number of aryl methyl sites for hydroxylation is 1. The van der Waals surface area contributed by atoms with E-state index in [1.165, 1.54) is 12.0 Å². The van der Waals surface area contributed by atoms with Crippen molar-refractivity contribution in [2.45, 2.75) is 51.2 Å². The molecular formula is C18H24O3. The Morgan fingerprint density at radius 1 is 1.38 bits per heavy atom. The molecule has 0 aliphatic heterocycles. The fraction of sp³-hybridized carbons (Fsp3) is 0.556. The second-order valence-corrected chi connectivity index (χ2v) is 6.56. The van der Waals surface area contributed by atoms with E-state index in [9.17, 15) is 5.11 Å². The van der Waals surface area contributed by atoms with Gasteiger partial charge in [-0.05, 0) is 43.9 Å². The number of ether oxygens (including phenoxy) is 1. The molecule has 3 heteroatoms. The molecule has 2 aromatic rings. The van der Waals surface area contributed by atoms with Gasteiger partial charge in [-0.3, -0.25) is 0 Å². The molecule has 0 radical (unpaired) electrons. The van der Waals surface area contributed by atoms with Gasteiger partial charge in [0.1, 0.15) is 23.0 Å². The fourth-order valence-electron chi connectivity index (χ4n) is 3.67. The van der Waals surface area contributed by atoms with Gasteiger partial charge in [-0.15, -0.1) is 0 Å². The molecule has 1 aliphatic carbocycles. The molecule has 1 aromatic heterocycles. The summed E-state index contributed by atoms with van der Waals surface area (Å²) in [7, 11) is 1.70. The molecule has 3 nitrogen and oxygen atoms in total. The smallest absolute Gasteiger partial charge is 0.140 e. The van der Waals surface area contributed by atoms with Gasteiger partial charge < -0.3 is 14.3 Å². The molecular weight excluding hydrogens is 264 g/mol. The molecule has 114 valence electrons. The predicted molar refractivity (Wildman–Crippen MR) is 83.3 cm³/mol. The van der Waals surface area contributed by atoms with Gasteiger partial charge >= 0.3 is 0 Å². The first-order valence-electron chi connectivity index (χ1n) is 7.77. The molecule has 1 fully saturated rings. The minimum absolute atomic E-state index is 0.513. The molecule has 0 saturated heterocycles. The van der Waals surface area contributed by atoms with Gasteiger partial charge in [0.05, 0.1) is 0 Å². The second-order valence-electron chi connectivity index (χ2n) is 6.56. The summed E-state index contributed by atoms with van der Waals surface area (Å²) >= 11 is 0. The van der Waals surface area contributed by atoms with Gasteiger partial charge in [0, 0.05) is 12.5 Å². The van der Waals surface area contributed by atoms with Crippen LogP contribution in [0.15, 0.2) is 28.7 Å². The first-order valence-corrected chi connectivity index (χ1v) is 7.77. The molecule has 3 atom stereocenters. The zero-order chi connectivity index (χ0) is 15.0. The highest BCUT2D eigenvalue weighted by Crippen LogP contribution is 2.44. The summed E-state index contributed by atoms with van der Waals surface area (Å²) in [5, 5.41) is 11.9. The van der Waals surface area contributed by atoms with E-state index >= 15 is 0 Å². The van der Waals surface area contributed by atoms with Crippen LogP contribution in [-0.4, -0.2) is 17.8 Å². The third-order valence-corrected chi connectivity index (χ3v) is 4.86. The topological polar surface area (TPSA) is 42.6 Å². The molecule has 0 spiro atoms. The Morgan fingerprint density at radius 2 is 2.19 bits per heavy atom. The number of rotatable bonds is 3. The van der Waals surface area contributed by atoms with E-state index in [4.69, 9.17) is 9.15 Å². The van der Waals surface area contributed by atoms with Crippen molar-refractivity contribution < 1.29 is 14.3 Å². The lowest BCUT2D eigenvalue weighted by Gasteiger charge is -2.41. The summed E-state index contributed by atoms with van der Waals surface area (Å²) in [6.45, 7) is 4.28. The third kappa shape index (κ3) is 2.60. The van der Waals surface area contributed by atoms with Gasteiger partial charge in [-0.1, -0.05) is 31.4 Å². The normalized spacial score (nSPS) is 27.9. The molecule has 0 bridgehead atoms. The molecule has 3 unspecified atom stereocenters. The van der Waals surface area contributed by atoms with Crippen molar-refractivity contribution in [2.24, 2.45) is 5.92 Å². The average molecular weight is 288 g/mol. The zero-order valence-electron chi connectivity index (χ0n) is 13.1. The maximum atomic E-state index is 10.9. The van der Waals surface area contributed by atoms with Crippen molar-refractivity contribution in [3.63, 3.8) is 0 Å². The Bertz CT molecular complexity index is 630. The van der Waals surface area contributed by atoms with Crippen molar-refractivity contribution >= 4 is 11.0 Å². The van der Waals surface area contributed by atoms with Crippen molar-refractivity contribution in [3.8, 4) is 0 Å².